The van der Waals surface area contributed by atoms with Crippen molar-refractivity contribution in [3.63, 3.8) is 0 Å². The maximum atomic E-state index is 12.7. The molecule has 9 nitrogen and oxygen atoms in total. The number of rotatable bonds is 7. The van der Waals surface area contributed by atoms with Crippen LogP contribution in [0.2, 0.25) is 0 Å². The molecule has 0 radical (unpaired) electrons. The molecule has 0 saturated carbocycles. The van der Waals surface area contributed by atoms with Gasteiger partial charge in [-0.3, -0.25) is 19.2 Å². The van der Waals surface area contributed by atoms with E-state index in [4.69, 9.17) is 4.74 Å². The van der Waals surface area contributed by atoms with E-state index in [2.05, 4.69) is 17.3 Å². The maximum absolute atomic E-state index is 12.7. The van der Waals surface area contributed by atoms with Crippen LogP contribution in [0.5, 0.6) is 0 Å². The number of esters is 1. The zero-order valence-electron chi connectivity index (χ0n) is 18.3. The number of hydrogen-bond donors (Lipinski definition) is 1. The van der Waals surface area contributed by atoms with Crippen LogP contribution in [0, 0.1) is 0 Å². The maximum Gasteiger partial charge on any atom is 0.343 e. The largest absolute Gasteiger partial charge is 0.462 e. The molecule has 1 N–H and O–H groups in total. The van der Waals surface area contributed by atoms with E-state index >= 15 is 0 Å². The van der Waals surface area contributed by atoms with Crippen molar-refractivity contribution in [1.82, 2.24) is 19.6 Å². The van der Waals surface area contributed by atoms with Crippen molar-refractivity contribution in [2.45, 2.75) is 20.3 Å². The summed E-state index contributed by atoms with van der Waals surface area (Å²) in [4.78, 5) is 41.1. The molecule has 2 amide bonds. The van der Waals surface area contributed by atoms with Crippen LogP contribution >= 0.6 is 0 Å². The number of nitrogens with one attached hydrogen (secondary N) is 1. The molecule has 0 unspecified atom stereocenters. The van der Waals surface area contributed by atoms with E-state index in [1.807, 2.05) is 34.1 Å². The first-order valence-corrected chi connectivity index (χ1v) is 10.5. The number of amides is 2. The summed E-state index contributed by atoms with van der Waals surface area (Å²) in [5.74, 6) is -0.442. The Morgan fingerprint density at radius 3 is 2.35 bits per heavy atom. The monoisotopic (exact) mass is 427 g/mol. The number of anilines is 1. The van der Waals surface area contributed by atoms with Gasteiger partial charge in [-0.1, -0.05) is 19.1 Å². The summed E-state index contributed by atoms with van der Waals surface area (Å²) in [6.07, 6.45) is 2.32. The van der Waals surface area contributed by atoms with Crippen LogP contribution < -0.4 is 5.32 Å². The number of hydrogen-bond acceptors (Lipinski definition) is 6. The molecule has 2 heterocycles. The summed E-state index contributed by atoms with van der Waals surface area (Å²) in [5.41, 5.74) is 2.11. The number of nitrogens with zero attached hydrogens (tertiary/aromatic N) is 4. The molecule has 1 fully saturated rings. The molecular weight excluding hydrogens is 398 g/mol. The van der Waals surface area contributed by atoms with Crippen LogP contribution in [0.1, 0.15) is 40.1 Å². The highest BCUT2D eigenvalue weighted by atomic mass is 16.5. The fourth-order valence-corrected chi connectivity index (χ4v) is 3.49. The van der Waals surface area contributed by atoms with Gasteiger partial charge in [-0.25, -0.2) is 4.79 Å². The third-order valence-electron chi connectivity index (χ3n) is 5.33. The predicted molar refractivity (Wildman–Crippen MR) is 116 cm³/mol. The van der Waals surface area contributed by atoms with Crippen LogP contribution in [0.3, 0.4) is 0 Å². The lowest BCUT2D eigenvalue weighted by Gasteiger charge is -2.34. The Bertz CT molecular complexity index is 930. The van der Waals surface area contributed by atoms with Crippen molar-refractivity contribution in [2.24, 2.45) is 7.05 Å². The minimum Gasteiger partial charge on any atom is -0.462 e. The number of benzene rings is 1. The topological polar surface area (TPSA) is 96.8 Å². The molecule has 9 heteroatoms. The third kappa shape index (κ3) is 5.49. The minimum atomic E-state index is -0.523. The predicted octanol–water partition coefficient (Wildman–Crippen LogP) is 1.56. The lowest BCUT2D eigenvalue weighted by Crippen LogP contribution is -2.50. The number of carbonyl (C=O) groups is 3. The normalized spacial score (nSPS) is 14.4. The summed E-state index contributed by atoms with van der Waals surface area (Å²) in [7, 11) is 1.65. The fraction of sp³-hybridized carbons (Fsp3) is 0.455. The molecule has 1 aromatic carbocycles. The molecule has 31 heavy (non-hydrogen) atoms. The van der Waals surface area contributed by atoms with Crippen LogP contribution in [0.25, 0.3) is 0 Å². The van der Waals surface area contributed by atoms with Gasteiger partial charge in [0.05, 0.1) is 19.3 Å². The van der Waals surface area contributed by atoms with Gasteiger partial charge in [0, 0.05) is 38.8 Å². The lowest BCUT2D eigenvalue weighted by atomic mass is 10.1. The Hall–Kier alpha value is -3.20. The minimum absolute atomic E-state index is 0.0146. The van der Waals surface area contributed by atoms with Crippen molar-refractivity contribution in [3.8, 4) is 0 Å². The van der Waals surface area contributed by atoms with Gasteiger partial charge >= 0.3 is 5.97 Å². The molecule has 1 aliphatic rings. The highest BCUT2D eigenvalue weighted by molar-refractivity contribution is 6.00. The highest BCUT2D eigenvalue weighted by Crippen LogP contribution is 2.16. The van der Waals surface area contributed by atoms with E-state index in [9.17, 15) is 14.4 Å². The molecule has 0 bridgehead atoms. The van der Waals surface area contributed by atoms with Gasteiger partial charge < -0.3 is 15.0 Å². The van der Waals surface area contributed by atoms with Crippen molar-refractivity contribution < 1.29 is 19.1 Å². The van der Waals surface area contributed by atoms with E-state index < -0.39 is 5.97 Å². The zero-order valence-corrected chi connectivity index (χ0v) is 18.3. The number of piperazine rings is 1. The van der Waals surface area contributed by atoms with E-state index in [-0.39, 0.29) is 30.5 Å². The van der Waals surface area contributed by atoms with E-state index in [1.54, 1.807) is 14.0 Å². The van der Waals surface area contributed by atoms with Crippen molar-refractivity contribution in [3.05, 3.63) is 47.2 Å². The molecule has 0 spiro atoms. The van der Waals surface area contributed by atoms with Gasteiger partial charge in [0.1, 0.15) is 11.4 Å². The first kappa shape index (κ1) is 22.5. The Balaban J connectivity index is 1.52. The van der Waals surface area contributed by atoms with Gasteiger partial charge in [-0.05, 0) is 31.0 Å². The first-order chi connectivity index (χ1) is 14.9. The standard InChI is InChI=1S/C22H29N5O4/c1-4-16-6-8-17(9-7-16)21(29)27-12-10-26(11-13-27)15-19(28)24-20-18(14-23-25(20)3)22(30)31-5-2/h6-9,14H,4-5,10-13,15H2,1-3H3,(H,24,28). The summed E-state index contributed by atoms with van der Waals surface area (Å²) in [5, 5.41) is 6.79. The average Bonchev–Trinajstić information content (AvgIpc) is 3.14. The SMILES string of the molecule is CCOC(=O)c1cnn(C)c1NC(=O)CN1CCN(C(=O)c2ccc(CC)cc2)CC1. The molecule has 3 rings (SSSR count). The highest BCUT2D eigenvalue weighted by Gasteiger charge is 2.25. The smallest absolute Gasteiger partial charge is 0.343 e. The van der Waals surface area contributed by atoms with E-state index in [0.29, 0.717) is 37.6 Å². The van der Waals surface area contributed by atoms with Crippen molar-refractivity contribution in [1.29, 1.82) is 0 Å². The van der Waals surface area contributed by atoms with Crippen molar-refractivity contribution >= 4 is 23.6 Å². The number of carbonyl (C=O) groups excluding carboxylic acids is 3. The average molecular weight is 428 g/mol. The molecule has 0 aliphatic carbocycles. The Morgan fingerprint density at radius 2 is 1.74 bits per heavy atom. The van der Waals surface area contributed by atoms with Gasteiger partial charge in [-0.2, -0.15) is 5.10 Å². The Morgan fingerprint density at radius 1 is 1.06 bits per heavy atom. The number of aromatic nitrogens is 2. The van der Waals surface area contributed by atoms with Crippen LogP contribution in [-0.4, -0.2) is 76.7 Å². The quantitative estimate of drug-likeness (QED) is 0.674. The molecule has 166 valence electrons. The summed E-state index contributed by atoms with van der Waals surface area (Å²) in [6.45, 7) is 6.52. The zero-order chi connectivity index (χ0) is 22.4. The number of ether oxygens (including phenoxy) is 1. The Kier molecular flexibility index (Phi) is 7.41. The first-order valence-electron chi connectivity index (χ1n) is 10.5. The van der Waals surface area contributed by atoms with Gasteiger partial charge in [-0.15, -0.1) is 0 Å². The Labute approximate surface area is 182 Å². The molecule has 0 atom stereocenters. The lowest BCUT2D eigenvalue weighted by molar-refractivity contribution is -0.117. The van der Waals surface area contributed by atoms with Crippen LogP contribution in [-0.2, 0) is 23.0 Å². The number of aryl methyl sites for hydroxylation is 2. The summed E-state index contributed by atoms with van der Waals surface area (Å²) in [6, 6.07) is 7.71. The van der Waals surface area contributed by atoms with Crippen LogP contribution in [0.4, 0.5) is 5.82 Å². The molecule has 1 saturated heterocycles. The second-order valence-corrected chi connectivity index (χ2v) is 7.42. The van der Waals surface area contributed by atoms with Crippen LogP contribution in [0.15, 0.2) is 30.5 Å². The van der Waals surface area contributed by atoms with E-state index in [0.717, 1.165) is 6.42 Å². The summed E-state index contributed by atoms with van der Waals surface area (Å²) >= 11 is 0. The van der Waals surface area contributed by atoms with Gasteiger partial charge in [0.15, 0.2) is 0 Å². The third-order valence-corrected chi connectivity index (χ3v) is 5.33. The van der Waals surface area contributed by atoms with Gasteiger partial charge in [0.2, 0.25) is 5.91 Å². The molecule has 2 aromatic rings. The fourth-order valence-electron chi connectivity index (χ4n) is 3.49. The summed E-state index contributed by atoms with van der Waals surface area (Å²) < 4.78 is 6.44. The second kappa shape index (κ2) is 10.2. The molecule has 1 aromatic heterocycles. The second-order valence-electron chi connectivity index (χ2n) is 7.42. The van der Waals surface area contributed by atoms with E-state index in [1.165, 1.54) is 16.4 Å². The van der Waals surface area contributed by atoms with Crippen molar-refractivity contribution in [2.75, 3.05) is 44.6 Å². The molecule has 1 aliphatic heterocycles. The van der Waals surface area contributed by atoms with Gasteiger partial charge in [0.25, 0.3) is 5.91 Å². The molecular formula is C22H29N5O4.